The second-order valence-electron chi connectivity index (χ2n) is 4.29. The Morgan fingerprint density at radius 3 is 2.53 bits per heavy atom. The van der Waals surface area contributed by atoms with Gasteiger partial charge in [-0.15, -0.1) is 5.10 Å². The van der Waals surface area contributed by atoms with Crippen LogP contribution in [0.15, 0.2) is 34.9 Å². The third-order valence-corrected chi connectivity index (χ3v) is 3.22. The van der Waals surface area contributed by atoms with Gasteiger partial charge in [-0.1, -0.05) is 35.5 Å². The third-order valence-electron chi connectivity index (χ3n) is 2.69. The molecule has 1 heterocycles. The van der Waals surface area contributed by atoms with Crippen molar-refractivity contribution in [2.75, 3.05) is 0 Å². The second-order valence-corrected chi connectivity index (χ2v) is 5.04. The van der Waals surface area contributed by atoms with Crippen molar-refractivity contribution >= 4 is 15.9 Å². The highest BCUT2D eigenvalue weighted by atomic mass is 79.9. The van der Waals surface area contributed by atoms with Crippen LogP contribution in [0.1, 0.15) is 18.2 Å². The molecule has 1 unspecified atom stereocenters. The van der Waals surface area contributed by atoms with E-state index in [0.29, 0.717) is 16.7 Å². The molecule has 0 saturated heterocycles. The highest BCUT2D eigenvalue weighted by molar-refractivity contribution is 9.10. The van der Waals surface area contributed by atoms with E-state index in [0.717, 1.165) is 5.56 Å². The minimum atomic E-state index is -1.00. The van der Waals surface area contributed by atoms with E-state index in [1.807, 2.05) is 30.3 Å². The summed E-state index contributed by atoms with van der Waals surface area (Å²) in [4.78, 5) is 0. The zero-order valence-electron chi connectivity index (χ0n) is 9.76. The van der Waals surface area contributed by atoms with Gasteiger partial charge in [0.05, 0.1) is 0 Å². The van der Waals surface area contributed by atoms with Crippen molar-refractivity contribution < 1.29 is 5.11 Å². The lowest BCUT2D eigenvalue weighted by Gasteiger charge is -2.23. The summed E-state index contributed by atoms with van der Waals surface area (Å²) in [6.45, 7) is 1.77. The first-order valence-electron chi connectivity index (χ1n) is 5.32. The van der Waals surface area contributed by atoms with Gasteiger partial charge in [0.15, 0.2) is 4.60 Å². The molecule has 0 fully saturated rings. The lowest BCUT2D eigenvalue weighted by Crippen LogP contribution is -2.27. The van der Waals surface area contributed by atoms with E-state index in [1.165, 1.54) is 0 Å². The molecule has 1 atom stereocenters. The Hall–Kier alpha value is -1.20. The normalized spacial score (nSPS) is 14.6. The molecule has 0 saturated carbocycles. The predicted octanol–water partition coefficient (Wildman–Crippen LogP) is 2.03. The first kappa shape index (κ1) is 12.3. The van der Waals surface area contributed by atoms with Gasteiger partial charge in [0.1, 0.15) is 11.3 Å². The lowest BCUT2D eigenvalue weighted by molar-refractivity contribution is 0.0482. The van der Waals surface area contributed by atoms with Crippen LogP contribution in [0.3, 0.4) is 0 Å². The Balaban J connectivity index is 2.31. The van der Waals surface area contributed by atoms with Gasteiger partial charge in [0.2, 0.25) is 0 Å². The second kappa shape index (κ2) is 4.58. The summed E-state index contributed by atoms with van der Waals surface area (Å²) in [7, 11) is 1.77. The van der Waals surface area contributed by atoms with Gasteiger partial charge < -0.3 is 5.11 Å². The van der Waals surface area contributed by atoms with Crippen molar-refractivity contribution in [3.05, 3.63) is 46.2 Å². The molecule has 2 rings (SSSR count). The first-order chi connectivity index (χ1) is 8.00. The van der Waals surface area contributed by atoms with Crippen molar-refractivity contribution in [3.63, 3.8) is 0 Å². The maximum Gasteiger partial charge on any atom is 0.154 e. The molecule has 17 heavy (non-hydrogen) atoms. The van der Waals surface area contributed by atoms with E-state index in [1.54, 1.807) is 18.7 Å². The molecule has 0 spiro atoms. The van der Waals surface area contributed by atoms with Crippen LogP contribution in [0.25, 0.3) is 0 Å². The molecule has 4 nitrogen and oxygen atoms in total. The standard InChI is InChI=1S/C12H14BrN3O/c1-12(17,8-9-6-4-3-5-7-9)10-11(13)14-15-16(10)2/h3-7,17H,8H2,1-2H3. The number of benzene rings is 1. The third kappa shape index (κ3) is 2.56. The number of aliphatic hydroxyl groups is 1. The summed E-state index contributed by atoms with van der Waals surface area (Å²) in [6.07, 6.45) is 0.521. The van der Waals surface area contributed by atoms with E-state index in [2.05, 4.69) is 26.2 Å². The zero-order chi connectivity index (χ0) is 12.5. The molecule has 0 amide bonds. The molecule has 90 valence electrons. The molecule has 0 aliphatic rings. The van der Waals surface area contributed by atoms with Gasteiger partial charge in [0, 0.05) is 13.5 Å². The van der Waals surface area contributed by atoms with Gasteiger partial charge in [-0.25, -0.2) is 4.68 Å². The fourth-order valence-corrected chi connectivity index (χ4v) is 2.73. The topological polar surface area (TPSA) is 50.9 Å². The van der Waals surface area contributed by atoms with Gasteiger partial charge >= 0.3 is 0 Å². The maximum atomic E-state index is 10.6. The van der Waals surface area contributed by atoms with E-state index in [-0.39, 0.29) is 0 Å². The average molecular weight is 296 g/mol. The number of aromatic nitrogens is 3. The number of rotatable bonds is 3. The summed E-state index contributed by atoms with van der Waals surface area (Å²) in [5.41, 5.74) is 0.755. The average Bonchev–Trinajstić information content (AvgIpc) is 2.59. The van der Waals surface area contributed by atoms with Crippen molar-refractivity contribution in [2.45, 2.75) is 18.9 Å². The van der Waals surface area contributed by atoms with Crippen LogP contribution in [-0.4, -0.2) is 20.1 Å². The molecule has 1 aromatic carbocycles. The fraction of sp³-hybridized carbons (Fsp3) is 0.333. The zero-order valence-corrected chi connectivity index (χ0v) is 11.3. The lowest BCUT2D eigenvalue weighted by atomic mass is 9.93. The molecule has 1 aromatic heterocycles. The molecule has 0 aliphatic heterocycles. The Bertz CT molecular complexity index is 488. The van der Waals surface area contributed by atoms with E-state index in [9.17, 15) is 5.11 Å². The van der Waals surface area contributed by atoms with Crippen LogP contribution >= 0.6 is 15.9 Å². The Morgan fingerprint density at radius 2 is 2.00 bits per heavy atom. The van der Waals surface area contributed by atoms with Crippen LogP contribution in [0.5, 0.6) is 0 Å². The van der Waals surface area contributed by atoms with E-state index < -0.39 is 5.60 Å². The van der Waals surface area contributed by atoms with Crippen LogP contribution in [-0.2, 0) is 19.1 Å². The van der Waals surface area contributed by atoms with Gasteiger partial charge in [0.25, 0.3) is 0 Å². The minimum Gasteiger partial charge on any atom is -0.383 e. The minimum absolute atomic E-state index is 0.521. The maximum absolute atomic E-state index is 10.6. The fourth-order valence-electron chi connectivity index (χ4n) is 1.98. The van der Waals surface area contributed by atoms with Crippen molar-refractivity contribution in [1.82, 2.24) is 15.0 Å². The highest BCUT2D eigenvalue weighted by Gasteiger charge is 2.30. The van der Waals surface area contributed by atoms with E-state index >= 15 is 0 Å². The molecular weight excluding hydrogens is 282 g/mol. The number of nitrogens with zero attached hydrogens (tertiary/aromatic N) is 3. The quantitative estimate of drug-likeness (QED) is 0.943. The highest BCUT2D eigenvalue weighted by Crippen LogP contribution is 2.29. The molecule has 2 aromatic rings. The Kier molecular flexibility index (Phi) is 3.31. The van der Waals surface area contributed by atoms with Gasteiger partial charge in [-0.05, 0) is 28.4 Å². The summed E-state index contributed by atoms with van der Waals surface area (Å²) < 4.78 is 2.17. The molecular formula is C12H14BrN3O. The molecule has 0 radical (unpaired) electrons. The number of aryl methyl sites for hydroxylation is 1. The largest absolute Gasteiger partial charge is 0.383 e. The van der Waals surface area contributed by atoms with E-state index in [4.69, 9.17) is 0 Å². The molecule has 0 aliphatic carbocycles. The van der Waals surface area contributed by atoms with Crippen LogP contribution in [0.2, 0.25) is 0 Å². The predicted molar refractivity (Wildman–Crippen MR) is 68.4 cm³/mol. The molecule has 0 bridgehead atoms. The van der Waals surface area contributed by atoms with Crippen molar-refractivity contribution in [3.8, 4) is 0 Å². The van der Waals surface area contributed by atoms with Gasteiger partial charge in [-0.2, -0.15) is 0 Å². The summed E-state index contributed by atoms with van der Waals surface area (Å²) in [6, 6.07) is 9.86. The first-order valence-corrected chi connectivity index (χ1v) is 6.12. The molecule has 5 heteroatoms. The number of halogens is 1. The van der Waals surface area contributed by atoms with Gasteiger partial charge in [-0.3, -0.25) is 0 Å². The summed E-state index contributed by atoms with van der Waals surface area (Å²) in [5.74, 6) is 0. The Morgan fingerprint density at radius 1 is 1.35 bits per heavy atom. The SMILES string of the molecule is Cn1nnc(Br)c1C(C)(O)Cc1ccccc1. The van der Waals surface area contributed by atoms with Crippen LogP contribution in [0.4, 0.5) is 0 Å². The number of hydrogen-bond acceptors (Lipinski definition) is 3. The van der Waals surface area contributed by atoms with Crippen LogP contribution < -0.4 is 0 Å². The summed E-state index contributed by atoms with van der Waals surface area (Å²) in [5, 5.41) is 18.3. The smallest absolute Gasteiger partial charge is 0.154 e. The van der Waals surface area contributed by atoms with Crippen molar-refractivity contribution in [1.29, 1.82) is 0 Å². The van der Waals surface area contributed by atoms with Crippen molar-refractivity contribution in [2.24, 2.45) is 7.05 Å². The molecule has 1 N–H and O–H groups in total. The number of hydrogen-bond donors (Lipinski definition) is 1. The summed E-state index contributed by atoms with van der Waals surface area (Å²) >= 11 is 3.31. The Labute approximate surface area is 108 Å². The van der Waals surface area contributed by atoms with Crippen LogP contribution in [0, 0.1) is 0 Å². The monoisotopic (exact) mass is 295 g/mol.